The van der Waals surface area contributed by atoms with Gasteiger partial charge in [0.15, 0.2) is 0 Å². The number of piperidine rings is 1. The first-order valence-corrected chi connectivity index (χ1v) is 9.16. The lowest BCUT2D eigenvalue weighted by molar-refractivity contribution is -0.133. The van der Waals surface area contributed by atoms with Crippen molar-refractivity contribution in [2.45, 2.75) is 38.1 Å². The number of imidazole rings is 1. The fraction of sp³-hybridized carbons (Fsp3) is 0.400. The van der Waals surface area contributed by atoms with Gasteiger partial charge in [-0.1, -0.05) is 0 Å². The average molecular weight is 349 g/mol. The van der Waals surface area contributed by atoms with Gasteiger partial charge in [0.05, 0.1) is 11.8 Å². The van der Waals surface area contributed by atoms with Crippen molar-refractivity contribution in [3.05, 3.63) is 55.0 Å². The summed E-state index contributed by atoms with van der Waals surface area (Å²) in [5.74, 6) is 0.620. The molecule has 1 aliphatic rings. The van der Waals surface area contributed by atoms with Crippen molar-refractivity contribution in [2.24, 2.45) is 0 Å². The molecule has 1 atom stereocenters. The van der Waals surface area contributed by atoms with Crippen LogP contribution in [0.5, 0.6) is 0 Å². The standard InChI is InChI=1S/C20H23N5O/c1-15(25-10-7-21-14-25)11-20(26)24-8-4-16(5-9-24)18-12-19-17(13-23-18)3-2-6-22-19/h2-3,6-7,10,12-16H,4-5,8-9,11H2,1H3/t15-/m1/s1. The normalized spacial score (nSPS) is 16.7. The first-order chi connectivity index (χ1) is 12.7. The molecule has 0 aromatic carbocycles. The second kappa shape index (κ2) is 7.23. The monoisotopic (exact) mass is 349 g/mol. The Balaban J connectivity index is 1.36. The van der Waals surface area contributed by atoms with Gasteiger partial charge in [0, 0.05) is 67.3 Å². The zero-order valence-corrected chi connectivity index (χ0v) is 15.0. The third-order valence-electron chi connectivity index (χ3n) is 5.28. The van der Waals surface area contributed by atoms with Crippen LogP contribution in [-0.2, 0) is 4.79 Å². The third kappa shape index (κ3) is 3.45. The van der Waals surface area contributed by atoms with E-state index in [0.29, 0.717) is 12.3 Å². The van der Waals surface area contributed by atoms with Gasteiger partial charge in [-0.3, -0.25) is 14.8 Å². The van der Waals surface area contributed by atoms with Gasteiger partial charge >= 0.3 is 0 Å². The number of aromatic nitrogens is 4. The van der Waals surface area contributed by atoms with Crippen molar-refractivity contribution in [1.29, 1.82) is 0 Å². The van der Waals surface area contributed by atoms with E-state index >= 15 is 0 Å². The molecule has 1 saturated heterocycles. The Kier molecular flexibility index (Phi) is 4.65. The summed E-state index contributed by atoms with van der Waals surface area (Å²) in [6.07, 6.45) is 11.6. The van der Waals surface area contributed by atoms with Gasteiger partial charge in [-0.15, -0.1) is 0 Å². The number of carbonyl (C=O) groups is 1. The van der Waals surface area contributed by atoms with Crippen LogP contribution in [0.4, 0.5) is 0 Å². The van der Waals surface area contributed by atoms with E-state index in [1.807, 2.05) is 40.2 Å². The maximum atomic E-state index is 12.6. The third-order valence-corrected chi connectivity index (χ3v) is 5.28. The molecule has 1 amide bonds. The molecule has 4 rings (SSSR count). The number of amides is 1. The van der Waals surface area contributed by atoms with E-state index in [0.717, 1.165) is 42.5 Å². The summed E-state index contributed by atoms with van der Waals surface area (Å²) < 4.78 is 1.98. The molecule has 0 aliphatic carbocycles. The summed E-state index contributed by atoms with van der Waals surface area (Å²) in [6.45, 7) is 3.64. The number of nitrogens with zero attached hydrogens (tertiary/aromatic N) is 5. The first-order valence-electron chi connectivity index (χ1n) is 9.16. The molecule has 4 heterocycles. The molecule has 0 spiro atoms. The fourth-order valence-corrected chi connectivity index (χ4v) is 3.65. The van der Waals surface area contributed by atoms with Gasteiger partial charge < -0.3 is 9.47 Å². The largest absolute Gasteiger partial charge is 0.343 e. The average Bonchev–Trinajstić information content (AvgIpc) is 3.23. The summed E-state index contributed by atoms with van der Waals surface area (Å²) in [7, 11) is 0. The first kappa shape index (κ1) is 16.7. The van der Waals surface area contributed by atoms with Crippen molar-refractivity contribution in [3.8, 4) is 0 Å². The van der Waals surface area contributed by atoms with Crippen LogP contribution in [-0.4, -0.2) is 43.4 Å². The predicted molar refractivity (Wildman–Crippen MR) is 99.6 cm³/mol. The second-order valence-corrected chi connectivity index (χ2v) is 7.02. The minimum Gasteiger partial charge on any atom is -0.343 e. The minimum absolute atomic E-state index is 0.135. The number of hydrogen-bond acceptors (Lipinski definition) is 4. The van der Waals surface area contributed by atoms with Crippen LogP contribution >= 0.6 is 0 Å². The molecule has 0 N–H and O–H groups in total. The summed E-state index contributed by atoms with van der Waals surface area (Å²) in [4.78, 5) is 27.7. The molecule has 1 fully saturated rings. The summed E-state index contributed by atoms with van der Waals surface area (Å²) in [5, 5.41) is 1.07. The zero-order chi connectivity index (χ0) is 17.9. The lowest BCUT2D eigenvalue weighted by Crippen LogP contribution is -2.38. The number of hydrogen-bond donors (Lipinski definition) is 0. The maximum absolute atomic E-state index is 12.6. The van der Waals surface area contributed by atoms with E-state index in [1.54, 1.807) is 12.5 Å². The van der Waals surface area contributed by atoms with Crippen molar-refractivity contribution in [1.82, 2.24) is 24.4 Å². The lowest BCUT2D eigenvalue weighted by atomic mass is 9.92. The van der Waals surface area contributed by atoms with Crippen molar-refractivity contribution < 1.29 is 4.79 Å². The predicted octanol–water partition coefficient (Wildman–Crippen LogP) is 3.18. The van der Waals surface area contributed by atoms with Gasteiger partial charge in [-0.05, 0) is 38.0 Å². The SMILES string of the molecule is C[C@H](CC(=O)N1CCC(c2cc3ncccc3cn2)CC1)n1ccnc1. The Labute approximate surface area is 152 Å². The zero-order valence-electron chi connectivity index (χ0n) is 15.0. The number of pyridine rings is 2. The van der Waals surface area contributed by atoms with E-state index in [9.17, 15) is 4.79 Å². The van der Waals surface area contributed by atoms with E-state index in [4.69, 9.17) is 0 Å². The van der Waals surface area contributed by atoms with Crippen LogP contribution in [0.15, 0.2) is 49.3 Å². The van der Waals surface area contributed by atoms with Crippen molar-refractivity contribution in [3.63, 3.8) is 0 Å². The summed E-state index contributed by atoms with van der Waals surface area (Å²) >= 11 is 0. The molecule has 3 aromatic rings. The smallest absolute Gasteiger partial charge is 0.224 e. The molecule has 26 heavy (non-hydrogen) atoms. The Morgan fingerprint density at radius 1 is 1.27 bits per heavy atom. The molecule has 0 saturated carbocycles. The molecule has 6 nitrogen and oxygen atoms in total. The molecule has 134 valence electrons. The number of rotatable bonds is 4. The quantitative estimate of drug-likeness (QED) is 0.726. The molecule has 0 unspecified atom stereocenters. The van der Waals surface area contributed by atoms with Crippen LogP contribution in [0.25, 0.3) is 10.9 Å². The summed E-state index contributed by atoms with van der Waals surface area (Å²) in [5.41, 5.74) is 2.08. The molecule has 1 aliphatic heterocycles. The molecule has 0 radical (unpaired) electrons. The molecular weight excluding hydrogens is 326 g/mol. The second-order valence-electron chi connectivity index (χ2n) is 7.02. The highest BCUT2D eigenvalue weighted by Gasteiger charge is 2.25. The van der Waals surface area contributed by atoms with Crippen LogP contribution < -0.4 is 0 Å². The van der Waals surface area contributed by atoms with Crippen LogP contribution in [0.1, 0.15) is 43.8 Å². The number of carbonyl (C=O) groups excluding carboxylic acids is 1. The van der Waals surface area contributed by atoms with Crippen LogP contribution in [0.3, 0.4) is 0 Å². The molecule has 0 bridgehead atoms. The topological polar surface area (TPSA) is 63.9 Å². The lowest BCUT2D eigenvalue weighted by Gasteiger charge is -2.32. The summed E-state index contributed by atoms with van der Waals surface area (Å²) in [6, 6.07) is 6.19. The van der Waals surface area contributed by atoms with Crippen molar-refractivity contribution in [2.75, 3.05) is 13.1 Å². The molecule has 3 aromatic heterocycles. The van der Waals surface area contributed by atoms with Gasteiger partial charge in [0.25, 0.3) is 0 Å². The van der Waals surface area contributed by atoms with Gasteiger partial charge in [-0.25, -0.2) is 4.98 Å². The van der Waals surface area contributed by atoms with Crippen LogP contribution in [0.2, 0.25) is 0 Å². The van der Waals surface area contributed by atoms with E-state index in [-0.39, 0.29) is 11.9 Å². The minimum atomic E-state index is 0.135. The Morgan fingerprint density at radius 2 is 2.12 bits per heavy atom. The number of likely N-dealkylation sites (tertiary alicyclic amines) is 1. The highest BCUT2D eigenvalue weighted by atomic mass is 16.2. The highest BCUT2D eigenvalue weighted by molar-refractivity contribution is 5.78. The fourth-order valence-electron chi connectivity index (χ4n) is 3.65. The van der Waals surface area contributed by atoms with E-state index < -0.39 is 0 Å². The van der Waals surface area contributed by atoms with E-state index in [2.05, 4.69) is 27.9 Å². The van der Waals surface area contributed by atoms with Crippen LogP contribution in [0, 0.1) is 0 Å². The van der Waals surface area contributed by atoms with E-state index in [1.165, 1.54) is 0 Å². The highest BCUT2D eigenvalue weighted by Crippen LogP contribution is 2.28. The van der Waals surface area contributed by atoms with Gasteiger partial charge in [0.2, 0.25) is 5.91 Å². The molecular formula is C20H23N5O. The Hall–Kier alpha value is -2.76. The van der Waals surface area contributed by atoms with Gasteiger partial charge in [-0.2, -0.15) is 0 Å². The maximum Gasteiger partial charge on any atom is 0.224 e. The Bertz CT molecular complexity index is 884. The Morgan fingerprint density at radius 3 is 2.88 bits per heavy atom. The molecule has 6 heteroatoms. The van der Waals surface area contributed by atoms with Gasteiger partial charge in [0.1, 0.15) is 0 Å². The number of fused-ring (bicyclic) bond motifs is 1. The van der Waals surface area contributed by atoms with Crippen molar-refractivity contribution >= 4 is 16.8 Å².